The number of halogens is 5. The van der Waals surface area contributed by atoms with Gasteiger partial charge in [0.1, 0.15) is 5.82 Å². The van der Waals surface area contributed by atoms with Gasteiger partial charge in [0.15, 0.2) is 5.75 Å². The van der Waals surface area contributed by atoms with Gasteiger partial charge in [-0.3, -0.25) is 9.59 Å². The number of pyridine rings is 1. The van der Waals surface area contributed by atoms with E-state index in [1.807, 2.05) is 0 Å². The summed E-state index contributed by atoms with van der Waals surface area (Å²) in [4.78, 5) is 41.1. The standard InChI is InChI=1S/C20H17Cl2F3N4O4/c21-11-1-4-14(27-9-11)28-18(31)15-12(22)2-3-13(33-19(32)20(23,24)25)16(15)29-17(30)10-5-7-26-8-6-10/h1-4,9-10,26H,5-8H2,(H,29,30)(H,27,28,31). The minimum Gasteiger partial charge on any atom is -0.418 e. The van der Waals surface area contributed by atoms with E-state index in [9.17, 15) is 27.6 Å². The second-order valence-electron chi connectivity index (χ2n) is 7.01. The first kappa shape index (κ1) is 24.7. The van der Waals surface area contributed by atoms with Crippen LogP contribution in [0.3, 0.4) is 0 Å². The van der Waals surface area contributed by atoms with Crippen molar-refractivity contribution in [2.24, 2.45) is 5.92 Å². The van der Waals surface area contributed by atoms with Crippen LogP contribution in [0, 0.1) is 5.92 Å². The Kier molecular flexibility index (Phi) is 7.77. The minimum atomic E-state index is -5.30. The van der Waals surface area contributed by atoms with Crippen molar-refractivity contribution in [1.29, 1.82) is 0 Å². The van der Waals surface area contributed by atoms with Crippen LogP contribution in [0.4, 0.5) is 24.7 Å². The van der Waals surface area contributed by atoms with Gasteiger partial charge in [-0.2, -0.15) is 13.2 Å². The van der Waals surface area contributed by atoms with E-state index in [1.165, 1.54) is 18.3 Å². The Labute approximate surface area is 195 Å². The van der Waals surface area contributed by atoms with Crippen molar-refractivity contribution in [2.75, 3.05) is 23.7 Å². The smallest absolute Gasteiger partial charge is 0.418 e. The molecule has 33 heavy (non-hydrogen) atoms. The summed E-state index contributed by atoms with van der Waals surface area (Å²) in [6, 6.07) is 4.87. The highest BCUT2D eigenvalue weighted by Crippen LogP contribution is 2.36. The number of hydrogen-bond donors (Lipinski definition) is 3. The van der Waals surface area contributed by atoms with Crippen LogP contribution in [0.5, 0.6) is 5.75 Å². The first-order valence-electron chi connectivity index (χ1n) is 9.62. The fraction of sp³-hybridized carbons (Fsp3) is 0.300. The number of hydrogen-bond acceptors (Lipinski definition) is 6. The molecule has 0 aliphatic carbocycles. The van der Waals surface area contributed by atoms with E-state index in [1.54, 1.807) is 0 Å². The van der Waals surface area contributed by atoms with Gasteiger partial charge in [-0.05, 0) is 50.2 Å². The molecule has 0 atom stereocenters. The van der Waals surface area contributed by atoms with Crippen molar-refractivity contribution in [1.82, 2.24) is 10.3 Å². The topological polar surface area (TPSA) is 109 Å². The van der Waals surface area contributed by atoms with Crippen molar-refractivity contribution >= 4 is 52.5 Å². The normalized spacial score (nSPS) is 14.5. The number of aromatic nitrogens is 1. The molecule has 8 nitrogen and oxygen atoms in total. The molecule has 0 radical (unpaired) electrons. The number of carbonyl (C=O) groups is 3. The first-order valence-corrected chi connectivity index (χ1v) is 10.4. The number of ether oxygens (including phenoxy) is 1. The zero-order chi connectivity index (χ0) is 24.2. The van der Waals surface area contributed by atoms with Crippen molar-refractivity contribution in [2.45, 2.75) is 19.0 Å². The van der Waals surface area contributed by atoms with E-state index in [4.69, 9.17) is 23.2 Å². The second kappa shape index (κ2) is 10.4. The summed E-state index contributed by atoms with van der Waals surface area (Å²) >= 11 is 11.9. The summed E-state index contributed by atoms with van der Waals surface area (Å²) < 4.78 is 42.8. The lowest BCUT2D eigenvalue weighted by Crippen LogP contribution is -2.35. The number of piperidine rings is 1. The summed E-state index contributed by atoms with van der Waals surface area (Å²) in [5.74, 6) is -5.06. The van der Waals surface area contributed by atoms with Gasteiger partial charge in [-0.25, -0.2) is 9.78 Å². The molecular formula is C20H17Cl2F3N4O4. The predicted molar refractivity (Wildman–Crippen MR) is 115 cm³/mol. The lowest BCUT2D eigenvalue weighted by Gasteiger charge is -2.23. The maximum Gasteiger partial charge on any atom is 0.491 e. The number of esters is 1. The van der Waals surface area contributed by atoms with Gasteiger partial charge in [0, 0.05) is 12.1 Å². The number of nitrogens with one attached hydrogen (secondary N) is 3. The SMILES string of the molecule is O=C(Nc1ccc(Cl)cn1)c1c(Cl)ccc(OC(=O)C(F)(F)F)c1NC(=O)C1CCNCC1. The molecule has 3 rings (SSSR count). The molecule has 2 aromatic rings. The van der Waals surface area contributed by atoms with Gasteiger partial charge in [0.2, 0.25) is 5.91 Å². The van der Waals surface area contributed by atoms with Gasteiger partial charge >= 0.3 is 12.1 Å². The molecule has 0 spiro atoms. The zero-order valence-corrected chi connectivity index (χ0v) is 18.3. The molecule has 1 fully saturated rings. The zero-order valence-electron chi connectivity index (χ0n) is 16.8. The van der Waals surface area contributed by atoms with E-state index in [2.05, 4.69) is 25.7 Å². The molecule has 13 heteroatoms. The Bertz CT molecular complexity index is 1060. The number of nitrogens with zero attached hydrogens (tertiary/aromatic N) is 1. The lowest BCUT2D eigenvalue weighted by atomic mass is 9.97. The molecule has 0 bridgehead atoms. The number of carbonyl (C=O) groups excluding carboxylic acids is 3. The Balaban J connectivity index is 1.99. The van der Waals surface area contributed by atoms with E-state index in [0.717, 1.165) is 12.1 Å². The fourth-order valence-corrected chi connectivity index (χ4v) is 3.44. The molecule has 1 aliphatic rings. The molecule has 2 heterocycles. The molecule has 1 aromatic heterocycles. The molecule has 0 saturated carbocycles. The van der Waals surface area contributed by atoms with Crippen molar-refractivity contribution in [3.05, 3.63) is 46.1 Å². The molecule has 0 unspecified atom stereocenters. The van der Waals surface area contributed by atoms with Gasteiger partial charge < -0.3 is 20.7 Å². The summed E-state index contributed by atoms with van der Waals surface area (Å²) in [5.41, 5.74) is -0.863. The molecular weight excluding hydrogens is 488 g/mol. The number of rotatable bonds is 5. The monoisotopic (exact) mass is 504 g/mol. The number of benzene rings is 1. The van der Waals surface area contributed by atoms with Gasteiger partial charge in [-0.15, -0.1) is 0 Å². The van der Waals surface area contributed by atoms with Crippen LogP contribution < -0.4 is 20.7 Å². The van der Waals surface area contributed by atoms with Crippen LogP contribution in [-0.4, -0.2) is 42.0 Å². The van der Waals surface area contributed by atoms with E-state index >= 15 is 0 Å². The second-order valence-corrected chi connectivity index (χ2v) is 7.86. The van der Waals surface area contributed by atoms with Crippen molar-refractivity contribution < 1.29 is 32.3 Å². The third-order valence-electron chi connectivity index (χ3n) is 4.70. The van der Waals surface area contributed by atoms with E-state index < -0.39 is 46.9 Å². The Hall–Kier alpha value is -2.89. The number of alkyl halides is 3. The van der Waals surface area contributed by atoms with Crippen LogP contribution in [0.25, 0.3) is 0 Å². The minimum absolute atomic E-state index is 0.0637. The average Bonchev–Trinajstić information content (AvgIpc) is 2.77. The molecule has 3 N–H and O–H groups in total. The largest absolute Gasteiger partial charge is 0.491 e. The average molecular weight is 505 g/mol. The Morgan fingerprint density at radius 3 is 2.36 bits per heavy atom. The van der Waals surface area contributed by atoms with Gasteiger partial charge in [0.05, 0.1) is 21.3 Å². The molecule has 176 valence electrons. The third kappa shape index (κ3) is 6.34. The predicted octanol–water partition coefficient (Wildman–Crippen LogP) is 4.05. The lowest BCUT2D eigenvalue weighted by molar-refractivity contribution is -0.189. The van der Waals surface area contributed by atoms with Crippen molar-refractivity contribution in [3.63, 3.8) is 0 Å². The third-order valence-corrected chi connectivity index (χ3v) is 5.24. The first-order chi connectivity index (χ1) is 15.6. The summed E-state index contributed by atoms with van der Waals surface area (Å²) in [6.07, 6.45) is -3.09. The number of amides is 2. The van der Waals surface area contributed by atoms with Crippen LogP contribution in [0.1, 0.15) is 23.2 Å². The van der Waals surface area contributed by atoms with Crippen LogP contribution >= 0.6 is 23.2 Å². The number of anilines is 2. The Morgan fingerprint density at radius 1 is 1.06 bits per heavy atom. The highest BCUT2D eigenvalue weighted by Gasteiger charge is 2.42. The Morgan fingerprint density at radius 2 is 1.76 bits per heavy atom. The van der Waals surface area contributed by atoms with Crippen molar-refractivity contribution in [3.8, 4) is 5.75 Å². The molecule has 1 saturated heterocycles. The summed E-state index contributed by atoms with van der Waals surface area (Å²) in [6.45, 7) is 1.14. The van der Waals surface area contributed by atoms with E-state index in [0.29, 0.717) is 31.0 Å². The van der Waals surface area contributed by atoms with Gasteiger partial charge in [-0.1, -0.05) is 23.2 Å². The summed E-state index contributed by atoms with van der Waals surface area (Å²) in [7, 11) is 0. The highest BCUT2D eigenvalue weighted by atomic mass is 35.5. The summed E-state index contributed by atoms with van der Waals surface area (Å²) in [5, 5.41) is 8.03. The fourth-order valence-electron chi connectivity index (χ4n) is 3.08. The van der Waals surface area contributed by atoms with Crippen LogP contribution in [0.15, 0.2) is 30.5 Å². The van der Waals surface area contributed by atoms with E-state index in [-0.39, 0.29) is 10.8 Å². The van der Waals surface area contributed by atoms with Crippen LogP contribution in [0.2, 0.25) is 10.0 Å². The maximum absolute atomic E-state index is 12.9. The molecule has 1 aliphatic heterocycles. The van der Waals surface area contributed by atoms with Crippen LogP contribution in [-0.2, 0) is 9.59 Å². The quantitative estimate of drug-likeness (QED) is 0.418. The highest BCUT2D eigenvalue weighted by molar-refractivity contribution is 6.36. The maximum atomic E-state index is 12.9. The van der Waals surface area contributed by atoms with Gasteiger partial charge in [0.25, 0.3) is 5.91 Å². The molecule has 1 aromatic carbocycles. The molecule has 2 amide bonds.